The van der Waals surface area contributed by atoms with Crippen LogP contribution >= 0.6 is 0 Å². The van der Waals surface area contributed by atoms with E-state index in [2.05, 4.69) is 10.6 Å². The Bertz CT molecular complexity index is 972. The number of rotatable bonds is 9. The van der Waals surface area contributed by atoms with E-state index < -0.39 is 47.6 Å². The van der Waals surface area contributed by atoms with Gasteiger partial charge in [-0.15, -0.1) is 0 Å². The smallest absolute Gasteiger partial charge is 0.408 e. The molecular formula is C29H46N4O5. The number of benzene rings is 1. The molecule has 0 bridgehead atoms. The van der Waals surface area contributed by atoms with Gasteiger partial charge >= 0.3 is 6.09 Å². The molecule has 38 heavy (non-hydrogen) atoms. The molecule has 1 aliphatic carbocycles. The van der Waals surface area contributed by atoms with Crippen molar-refractivity contribution in [3.8, 4) is 0 Å². The number of aryl methyl sites for hydroxylation is 1. The molecule has 0 spiro atoms. The number of nitrogens with zero attached hydrogens (tertiary/aromatic N) is 1. The second-order valence-electron chi connectivity index (χ2n) is 12.1. The molecule has 2 atom stereocenters. The summed E-state index contributed by atoms with van der Waals surface area (Å²) in [4.78, 5) is 54.0. The van der Waals surface area contributed by atoms with E-state index in [-0.39, 0.29) is 11.9 Å². The third-order valence-electron chi connectivity index (χ3n) is 6.52. The van der Waals surface area contributed by atoms with Gasteiger partial charge in [0.15, 0.2) is 0 Å². The van der Waals surface area contributed by atoms with Gasteiger partial charge in [-0.2, -0.15) is 0 Å². The van der Waals surface area contributed by atoms with E-state index in [0.29, 0.717) is 5.56 Å². The Morgan fingerprint density at radius 1 is 1.00 bits per heavy atom. The number of amides is 4. The van der Waals surface area contributed by atoms with Crippen LogP contribution in [0, 0.1) is 0 Å². The van der Waals surface area contributed by atoms with Crippen LogP contribution in [-0.2, 0) is 25.5 Å². The Morgan fingerprint density at radius 3 is 2.05 bits per heavy atom. The van der Waals surface area contributed by atoms with Crippen LogP contribution in [0.25, 0.3) is 0 Å². The van der Waals surface area contributed by atoms with Crippen molar-refractivity contribution in [3.05, 3.63) is 35.4 Å². The van der Waals surface area contributed by atoms with Crippen molar-refractivity contribution in [2.75, 3.05) is 0 Å². The van der Waals surface area contributed by atoms with Crippen LogP contribution in [0.4, 0.5) is 4.79 Å². The Kier molecular flexibility index (Phi) is 10.7. The van der Waals surface area contributed by atoms with Crippen LogP contribution in [0.3, 0.4) is 0 Å². The lowest BCUT2D eigenvalue weighted by atomic mass is 9.92. The minimum absolute atomic E-state index is 0.0342. The van der Waals surface area contributed by atoms with Gasteiger partial charge in [-0.25, -0.2) is 4.79 Å². The van der Waals surface area contributed by atoms with Crippen molar-refractivity contribution in [2.45, 2.75) is 123 Å². The van der Waals surface area contributed by atoms with Crippen LogP contribution < -0.4 is 16.4 Å². The monoisotopic (exact) mass is 530 g/mol. The van der Waals surface area contributed by atoms with Crippen molar-refractivity contribution in [2.24, 2.45) is 5.73 Å². The molecule has 2 rings (SSSR count). The molecule has 1 saturated carbocycles. The second kappa shape index (κ2) is 13.1. The zero-order chi connectivity index (χ0) is 28.7. The number of carbonyl (C=O) groups is 4. The summed E-state index contributed by atoms with van der Waals surface area (Å²) in [5.74, 6) is -1.64. The van der Waals surface area contributed by atoms with Crippen LogP contribution in [0.15, 0.2) is 24.3 Å². The van der Waals surface area contributed by atoms with Crippen LogP contribution in [0.5, 0.6) is 0 Å². The molecule has 1 aromatic carbocycles. The number of hydrogen-bond donors (Lipinski definition) is 3. The minimum atomic E-state index is -1.30. The van der Waals surface area contributed by atoms with Crippen LogP contribution in [-0.4, -0.2) is 51.9 Å². The zero-order valence-electron chi connectivity index (χ0n) is 24.1. The maximum atomic E-state index is 14.1. The quantitative estimate of drug-likeness (QED) is 0.442. The molecule has 9 nitrogen and oxygen atoms in total. The van der Waals surface area contributed by atoms with E-state index in [0.717, 1.165) is 44.1 Å². The van der Waals surface area contributed by atoms with Gasteiger partial charge in [-0.3, -0.25) is 14.4 Å². The summed E-state index contributed by atoms with van der Waals surface area (Å²) in [6.07, 6.45) is 4.57. The second-order valence-corrected chi connectivity index (χ2v) is 12.1. The van der Waals surface area contributed by atoms with Crippen LogP contribution in [0.1, 0.15) is 104 Å². The molecule has 9 heteroatoms. The Balaban J connectivity index is 2.52. The van der Waals surface area contributed by atoms with Crippen molar-refractivity contribution in [1.29, 1.82) is 0 Å². The molecule has 4 amide bonds. The van der Waals surface area contributed by atoms with Gasteiger partial charge in [0.2, 0.25) is 17.7 Å². The fourth-order valence-electron chi connectivity index (χ4n) is 4.74. The number of carbonyl (C=O) groups excluding carboxylic acids is 4. The molecule has 212 valence electrons. The van der Waals surface area contributed by atoms with Crippen LogP contribution in [0.2, 0.25) is 0 Å². The first kappa shape index (κ1) is 31.1. The van der Waals surface area contributed by atoms with Gasteiger partial charge in [0, 0.05) is 11.6 Å². The highest BCUT2D eigenvalue weighted by atomic mass is 16.6. The van der Waals surface area contributed by atoms with Gasteiger partial charge in [0.1, 0.15) is 17.7 Å². The number of hydrogen-bond acceptors (Lipinski definition) is 5. The van der Waals surface area contributed by atoms with Gasteiger partial charge in [-0.1, -0.05) is 50.5 Å². The predicted molar refractivity (Wildman–Crippen MR) is 147 cm³/mol. The fraction of sp³-hybridized carbons (Fsp3) is 0.655. The molecule has 0 saturated heterocycles. The lowest BCUT2D eigenvalue weighted by Gasteiger charge is -2.43. The Morgan fingerprint density at radius 2 is 1.58 bits per heavy atom. The van der Waals surface area contributed by atoms with Gasteiger partial charge in [0.25, 0.3) is 0 Å². The topological polar surface area (TPSA) is 131 Å². The first-order chi connectivity index (χ1) is 17.6. The van der Waals surface area contributed by atoms with E-state index in [9.17, 15) is 19.2 Å². The molecule has 0 radical (unpaired) electrons. The number of nitrogens with one attached hydrogen (secondary N) is 2. The summed E-state index contributed by atoms with van der Waals surface area (Å²) in [6, 6.07) is 5.36. The van der Waals surface area contributed by atoms with E-state index in [1.807, 2.05) is 52.0 Å². The van der Waals surface area contributed by atoms with E-state index >= 15 is 0 Å². The summed E-state index contributed by atoms with van der Waals surface area (Å²) in [6.45, 7) is 12.6. The SMILES string of the molecule is CCc1ccc(C(C(=O)NC2CCCCC2)N(C(=O)C(CC(N)=O)NC(=O)OC(C)(C)C)C(C)(C)C)cc1. The lowest BCUT2D eigenvalue weighted by Crippen LogP contribution is -2.59. The van der Waals surface area contributed by atoms with Gasteiger partial charge in [-0.05, 0) is 71.9 Å². The summed E-state index contributed by atoms with van der Waals surface area (Å²) < 4.78 is 5.33. The van der Waals surface area contributed by atoms with Crippen molar-refractivity contribution in [1.82, 2.24) is 15.5 Å². The number of alkyl carbamates (subject to hydrolysis) is 1. The predicted octanol–water partition coefficient (Wildman–Crippen LogP) is 4.13. The van der Waals surface area contributed by atoms with Crippen molar-refractivity contribution in [3.63, 3.8) is 0 Å². The molecule has 1 aromatic rings. The molecule has 1 aliphatic rings. The molecule has 0 aromatic heterocycles. The summed E-state index contributed by atoms with van der Waals surface area (Å²) >= 11 is 0. The highest BCUT2D eigenvalue weighted by molar-refractivity contribution is 5.95. The highest BCUT2D eigenvalue weighted by Gasteiger charge is 2.42. The molecule has 4 N–H and O–H groups in total. The maximum absolute atomic E-state index is 14.1. The average Bonchev–Trinajstić information content (AvgIpc) is 2.80. The molecule has 0 heterocycles. The largest absolute Gasteiger partial charge is 0.444 e. The fourth-order valence-corrected chi connectivity index (χ4v) is 4.74. The molecule has 0 aliphatic heterocycles. The average molecular weight is 531 g/mol. The number of nitrogens with two attached hydrogens (primary N) is 1. The van der Waals surface area contributed by atoms with E-state index in [1.165, 1.54) is 4.90 Å². The summed E-state index contributed by atoms with van der Waals surface area (Å²) in [5, 5.41) is 5.69. The first-order valence-corrected chi connectivity index (χ1v) is 13.6. The Labute approximate surface area is 227 Å². The molecule has 2 unspecified atom stereocenters. The normalized spacial score (nSPS) is 16.2. The standard InChI is InChI=1S/C29H46N4O5/c1-8-19-14-16-20(17-15-19)24(25(35)31-21-12-10-9-11-13-21)33(28(2,3)4)26(36)22(18-23(30)34)32-27(37)38-29(5,6)7/h14-17,21-22,24H,8-13,18H2,1-7H3,(H2,30,34)(H,31,35)(H,32,37). The third-order valence-corrected chi connectivity index (χ3v) is 6.52. The number of ether oxygens (including phenoxy) is 1. The van der Waals surface area contributed by atoms with Crippen molar-refractivity contribution < 1.29 is 23.9 Å². The van der Waals surface area contributed by atoms with Gasteiger partial charge < -0.3 is 26.0 Å². The summed E-state index contributed by atoms with van der Waals surface area (Å²) in [7, 11) is 0. The first-order valence-electron chi connectivity index (χ1n) is 13.6. The van der Waals surface area contributed by atoms with E-state index in [4.69, 9.17) is 10.5 Å². The van der Waals surface area contributed by atoms with Gasteiger partial charge in [0.05, 0.1) is 6.42 Å². The highest BCUT2D eigenvalue weighted by Crippen LogP contribution is 2.31. The molecule has 1 fully saturated rings. The van der Waals surface area contributed by atoms with E-state index in [1.54, 1.807) is 20.8 Å². The Hall–Kier alpha value is -3.10. The maximum Gasteiger partial charge on any atom is 0.408 e. The summed E-state index contributed by atoms with van der Waals surface area (Å²) in [5.41, 5.74) is 5.56. The number of primary amides is 1. The third kappa shape index (κ3) is 9.33. The lowest BCUT2D eigenvalue weighted by molar-refractivity contribution is -0.149. The molecular weight excluding hydrogens is 484 g/mol. The minimum Gasteiger partial charge on any atom is -0.444 e. The van der Waals surface area contributed by atoms with Crippen molar-refractivity contribution >= 4 is 23.8 Å². The zero-order valence-corrected chi connectivity index (χ0v) is 24.1.